The average molecular weight is 190 g/mol. The van der Waals surface area contributed by atoms with Crippen molar-refractivity contribution in [2.24, 2.45) is 0 Å². The third-order valence-electron chi connectivity index (χ3n) is 1.25. The van der Waals surface area contributed by atoms with Crippen LogP contribution in [-0.4, -0.2) is 23.3 Å². The van der Waals surface area contributed by atoms with Crippen LogP contribution in [0.5, 0.6) is 5.88 Å². The number of pyridine rings is 1. The summed E-state index contributed by atoms with van der Waals surface area (Å²) in [5.41, 5.74) is 5.07. The number of hydrogen-bond acceptors (Lipinski definition) is 4. The Labute approximate surface area is 73.0 Å². The second-order valence-electron chi connectivity index (χ2n) is 2.21. The molecule has 0 saturated carbocycles. The molecule has 3 N–H and O–H groups in total. The normalized spacial score (nSPS) is 10.1. The molecule has 0 saturated heterocycles. The lowest BCUT2D eigenvalue weighted by Gasteiger charge is -2.05. The van der Waals surface area contributed by atoms with Crippen molar-refractivity contribution < 1.29 is 18.6 Å². The molecule has 0 radical (unpaired) electrons. The van der Waals surface area contributed by atoms with Crippen LogP contribution in [0.3, 0.4) is 0 Å². The lowest BCUT2D eigenvalue weighted by Crippen LogP contribution is -2.07. The number of nitrogens with zero attached hydrogens (tertiary/aromatic N) is 1. The summed E-state index contributed by atoms with van der Waals surface area (Å²) in [5.74, 6) is -2.73. The molecule has 0 aliphatic rings. The molecule has 72 valence electrons. The first-order valence-corrected chi connectivity index (χ1v) is 3.50. The highest BCUT2D eigenvalue weighted by atomic mass is 19.1. The fourth-order valence-corrected chi connectivity index (χ4v) is 0.707. The summed E-state index contributed by atoms with van der Waals surface area (Å²) in [5, 5.41) is 8.36. The van der Waals surface area contributed by atoms with Gasteiger partial charge >= 0.3 is 0 Å². The molecule has 1 aromatic heterocycles. The van der Waals surface area contributed by atoms with Crippen molar-refractivity contribution in [2.45, 2.75) is 0 Å². The van der Waals surface area contributed by atoms with Gasteiger partial charge in [-0.3, -0.25) is 0 Å². The zero-order valence-corrected chi connectivity index (χ0v) is 6.63. The van der Waals surface area contributed by atoms with E-state index in [1.165, 1.54) is 0 Å². The fourth-order valence-electron chi connectivity index (χ4n) is 0.707. The molecule has 0 amide bonds. The molecule has 1 aromatic rings. The van der Waals surface area contributed by atoms with Crippen LogP contribution < -0.4 is 10.5 Å². The van der Waals surface area contributed by atoms with Crippen LogP contribution in [0.15, 0.2) is 6.07 Å². The molecule has 1 heterocycles. The van der Waals surface area contributed by atoms with Crippen molar-refractivity contribution in [3.63, 3.8) is 0 Å². The number of rotatable bonds is 3. The van der Waals surface area contributed by atoms with Crippen LogP contribution >= 0.6 is 0 Å². The minimum absolute atomic E-state index is 0.116. The highest BCUT2D eigenvalue weighted by molar-refractivity contribution is 5.34. The molecule has 0 unspecified atom stereocenters. The molecule has 0 bridgehead atoms. The van der Waals surface area contributed by atoms with Gasteiger partial charge < -0.3 is 15.6 Å². The number of nitrogens with two attached hydrogens (primary N) is 1. The minimum Gasteiger partial charge on any atom is -0.473 e. The molecule has 13 heavy (non-hydrogen) atoms. The highest BCUT2D eigenvalue weighted by Gasteiger charge is 2.10. The smallest absolute Gasteiger partial charge is 0.252 e. The van der Waals surface area contributed by atoms with E-state index >= 15 is 0 Å². The summed E-state index contributed by atoms with van der Waals surface area (Å²) in [7, 11) is 0. The predicted molar refractivity (Wildman–Crippen MR) is 41.1 cm³/mol. The molecule has 0 aliphatic carbocycles. The first-order valence-electron chi connectivity index (χ1n) is 3.50. The maximum absolute atomic E-state index is 12.8. The van der Waals surface area contributed by atoms with Gasteiger partial charge in [0.25, 0.3) is 5.88 Å². The first-order chi connectivity index (χ1) is 6.15. The van der Waals surface area contributed by atoms with E-state index in [2.05, 4.69) is 9.72 Å². The van der Waals surface area contributed by atoms with Crippen molar-refractivity contribution >= 4 is 5.82 Å². The number of aliphatic hydroxyl groups excluding tert-OH is 1. The third kappa shape index (κ3) is 2.25. The van der Waals surface area contributed by atoms with Crippen LogP contribution in [-0.2, 0) is 0 Å². The largest absolute Gasteiger partial charge is 0.473 e. The fraction of sp³-hybridized carbons (Fsp3) is 0.286. The van der Waals surface area contributed by atoms with E-state index in [4.69, 9.17) is 10.8 Å². The number of hydrogen-bond donors (Lipinski definition) is 2. The van der Waals surface area contributed by atoms with E-state index < -0.39 is 23.3 Å². The highest BCUT2D eigenvalue weighted by Crippen LogP contribution is 2.18. The Morgan fingerprint density at radius 2 is 2.15 bits per heavy atom. The van der Waals surface area contributed by atoms with Crippen LogP contribution in [0.1, 0.15) is 0 Å². The van der Waals surface area contributed by atoms with Crippen LogP contribution in [0, 0.1) is 11.6 Å². The first kappa shape index (κ1) is 9.66. The number of aliphatic hydroxyl groups is 1. The second kappa shape index (κ2) is 3.99. The van der Waals surface area contributed by atoms with E-state index in [9.17, 15) is 8.78 Å². The topological polar surface area (TPSA) is 68.4 Å². The maximum atomic E-state index is 12.8. The molecule has 0 spiro atoms. The number of nitrogen functional groups attached to an aromatic ring is 1. The van der Waals surface area contributed by atoms with Crippen LogP contribution in [0.4, 0.5) is 14.6 Å². The Morgan fingerprint density at radius 1 is 1.46 bits per heavy atom. The zero-order chi connectivity index (χ0) is 9.84. The number of anilines is 1. The second-order valence-corrected chi connectivity index (χ2v) is 2.21. The van der Waals surface area contributed by atoms with Crippen molar-refractivity contribution in [1.29, 1.82) is 0 Å². The lowest BCUT2D eigenvalue weighted by molar-refractivity contribution is 0.191. The Balaban J connectivity index is 2.88. The van der Waals surface area contributed by atoms with Crippen molar-refractivity contribution in [3.8, 4) is 5.88 Å². The van der Waals surface area contributed by atoms with Gasteiger partial charge in [-0.2, -0.15) is 4.98 Å². The van der Waals surface area contributed by atoms with E-state index in [1.54, 1.807) is 0 Å². The van der Waals surface area contributed by atoms with Crippen molar-refractivity contribution in [1.82, 2.24) is 4.98 Å². The molecule has 4 nitrogen and oxygen atoms in total. The quantitative estimate of drug-likeness (QED) is 0.719. The van der Waals surface area contributed by atoms with Gasteiger partial charge in [0.15, 0.2) is 17.5 Å². The van der Waals surface area contributed by atoms with E-state index in [0.29, 0.717) is 6.07 Å². The number of aromatic nitrogens is 1. The Kier molecular flexibility index (Phi) is 2.97. The van der Waals surface area contributed by atoms with Gasteiger partial charge in [0, 0.05) is 6.07 Å². The molecule has 0 aliphatic heterocycles. The van der Waals surface area contributed by atoms with Gasteiger partial charge in [-0.05, 0) is 0 Å². The average Bonchev–Trinajstić information content (AvgIpc) is 2.09. The van der Waals surface area contributed by atoms with Gasteiger partial charge in [0.1, 0.15) is 6.61 Å². The summed E-state index contributed by atoms with van der Waals surface area (Å²) in [4.78, 5) is 3.30. The van der Waals surface area contributed by atoms with E-state index in [0.717, 1.165) is 0 Å². The van der Waals surface area contributed by atoms with Crippen LogP contribution in [0.25, 0.3) is 0 Å². The molecule has 6 heteroatoms. The van der Waals surface area contributed by atoms with Gasteiger partial charge in [0.05, 0.1) is 6.61 Å². The Bertz CT molecular complexity index is 307. The molecule has 0 fully saturated rings. The summed E-state index contributed by atoms with van der Waals surface area (Å²) in [6.45, 7) is -0.395. The zero-order valence-electron chi connectivity index (χ0n) is 6.63. The Morgan fingerprint density at radius 3 is 2.77 bits per heavy atom. The molecular formula is C7H8F2N2O2. The van der Waals surface area contributed by atoms with Crippen LogP contribution in [0.2, 0.25) is 0 Å². The summed E-state index contributed by atoms with van der Waals surface area (Å²) in [6, 6.07) is 0.578. The van der Waals surface area contributed by atoms with E-state index in [-0.39, 0.29) is 13.2 Å². The molecule has 0 atom stereocenters. The lowest BCUT2D eigenvalue weighted by atomic mass is 10.4. The van der Waals surface area contributed by atoms with Gasteiger partial charge in [0.2, 0.25) is 0 Å². The summed E-state index contributed by atoms with van der Waals surface area (Å²) in [6.07, 6.45) is 0. The van der Waals surface area contributed by atoms with Gasteiger partial charge in [-0.25, -0.2) is 8.78 Å². The summed E-state index contributed by atoms with van der Waals surface area (Å²) >= 11 is 0. The van der Waals surface area contributed by atoms with Gasteiger partial charge in [-0.1, -0.05) is 0 Å². The summed E-state index contributed by atoms with van der Waals surface area (Å²) < 4.78 is 30.0. The van der Waals surface area contributed by atoms with Crippen molar-refractivity contribution in [2.75, 3.05) is 18.9 Å². The molecule has 1 rings (SSSR count). The standard InChI is InChI=1S/C7H8F2N2O2/c8-4-3-5(9)7(11-6(4)10)13-2-1-12/h3,12H,1-2H2,(H2,10,11). The SMILES string of the molecule is Nc1nc(OCCO)c(F)cc1F. The number of ether oxygens (including phenoxy) is 1. The van der Waals surface area contributed by atoms with Crippen molar-refractivity contribution in [3.05, 3.63) is 17.7 Å². The molecular weight excluding hydrogens is 182 g/mol. The van der Waals surface area contributed by atoms with E-state index in [1.807, 2.05) is 0 Å². The molecule has 0 aromatic carbocycles. The Hall–Kier alpha value is -1.43. The monoisotopic (exact) mass is 190 g/mol. The predicted octanol–water partition coefficient (Wildman–Crippen LogP) is 0.313. The van der Waals surface area contributed by atoms with Gasteiger partial charge in [-0.15, -0.1) is 0 Å². The minimum atomic E-state index is -0.944. The number of halogens is 2. The third-order valence-corrected chi connectivity index (χ3v) is 1.25. The maximum Gasteiger partial charge on any atom is 0.252 e.